The Hall–Kier alpha value is -1.43. The van der Waals surface area contributed by atoms with Gasteiger partial charge in [-0.3, -0.25) is 4.21 Å². The van der Waals surface area contributed by atoms with Crippen LogP contribution in [0.5, 0.6) is 0 Å². The molecule has 2 rings (SSSR count). The smallest absolute Gasteiger partial charge is 0.152 e. The van der Waals surface area contributed by atoms with Crippen molar-refractivity contribution < 1.29 is 4.21 Å². The number of aromatic nitrogens is 3. The molecule has 0 aliphatic heterocycles. The SMILES string of the molecule is CC(C)c1cc2c(NCCC(C)S(C)=O)nccn2n1. The summed E-state index contributed by atoms with van der Waals surface area (Å²) in [6.45, 7) is 7.01. The van der Waals surface area contributed by atoms with Crippen molar-refractivity contribution >= 4 is 22.1 Å². The van der Waals surface area contributed by atoms with E-state index in [0.29, 0.717) is 5.92 Å². The Morgan fingerprint density at radius 1 is 1.40 bits per heavy atom. The Bertz CT molecular complexity index is 608. The Balaban J connectivity index is 2.12. The highest BCUT2D eigenvalue weighted by atomic mass is 32.2. The number of nitrogens with zero attached hydrogens (tertiary/aromatic N) is 3. The molecule has 2 atom stereocenters. The zero-order chi connectivity index (χ0) is 14.7. The molecular formula is C14H22N4OS. The lowest BCUT2D eigenvalue weighted by molar-refractivity contribution is 0.672. The van der Waals surface area contributed by atoms with Gasteiger partial charge in [-0.1, -0.05) is 20.8 Å². The van der Waals surface area contributed by atoms with Gasteiger partial charge in [-0.2, -0.15) is 5.10 Å². The van der Waals surface area contributed by atoms with Crippen molar-refractivity contribution in [1.82, 2.24) is 14.6 Å². The van der Waals surface area contributed by atoms with Crippen LogP contribution in [0.25, 0.3) is 5.52 Å². The molecule has 2 aromatic rings. The van der Waals surface area contributed by atoms with Crippen molar-refractivity contribution in [2.45, 2.75) is 38.4 Å². The summed E-state index contributed by atoms with van der Waals surface area (Å²) in [5, 5.41) is 8.04. The van der Waals surface area contributed by atoms with Crippen LogP contribution in [0.1, 0.15) is 38.8 Å². The normalized spacial score (nSPS) is 14.7. The summed E-state index contributed by atoms with van der Waals surface area (Å²) < 4.78 is 13.2. The van der Waals surface area contributed by atoms with Crippen molar-refractivity contribution in [3.8, 4) is 0 Å². The second-order valence-electron chi connectivity index (χ2n) is 5.35. The Morgan fingerprint density at radius 3 is 2.80 bits per heavy atom. The maximum Gasteiger partial charge on any atom is 0.152 e. The summed E-state index contributed by atoms with van der Waals surface area (Å²) in [6.07, 6.45) is 6.20. The monoisotopic (exact) mass is 294 g/mol. The molecule has 2 heterocycles. The van der Waals surface area contributed by atoms with Gasteiger partial charge in [0, 0.05) is 41.2 Å². The van der Waals surface area contributed by atoms with Gasteiger partial charge in [0.15, 0.2) is 5.82 Å². The predicted molar refractivity (Wildman–Crippen MR) is 83.7 cm³/mol. The highest BCUT2D eigenvalue weighted by Gasteiger charge is 2.10. The van der Waals surface area contributed by atoms with E-state index in [1.165, 1.54) is 0 Å². The second kappa shape index (κ2) is 6.35. The molecule has 2 unspecified atom stereocenters. The molecule has 6 heteroatoms. The fourth-order valence-electron chi connectivity index (χ4n) is 1.92. The van der Waals surface area contributed by atoms with Crippen LogP contribution >= 0.6 is 0 Å². The van der Waals surface area contributed by atoms with Crippen LogP contribution < -0.4 is 5.32 Å². The van der Waals surface area contributed by atoms with Crippen molar-refractivity contribution in [2.24, 2.45) is 0 Å². The molecule has 2 aromatic heterocycles. The van der Waals surface area contributed by atoms with Crippen LogP contribution in [-0.2, 0) is 10.8 Å². The van der Waals surface area contributed by atoms with E-state index in [-0.39, 0.29) is 5.25 Å². The minimum atomic E-state index is -0.775. The van der Waals surface area contributed by atoms with Gasteiger partial charge < -0.3 is 5.32 Å². The van der Waals surface area contributed by atoms with Gasteiger partial charge in [0.1, 0.15) is 5.52 Å². The maximum absolute atomic E-state index is 11.3. The first-order valence-corrected chi connectivity index (χ1v) is 8.51. The Morgan fingerprint density at radius 2 is 2.15 bits per heavy atom. The van der Waals surface area contributed by atoms with E-state index in [0.717, 1.165) is 30.0 Å². The average Bonchev–Trinajstić information content (AvgIpc) is 2.83. The topological polar surface area (TPSA) is 59.3 Å². The molecule has 110 valence electrons. The maximum atomic E-state index is 11.3. The summed E-state index contributed by atoms with van der Waals surface area (Å²) in [6, 6.07) is 2.07. The van der Waals surface area contributed by atoms with Crippen molar-refractivity contribution in [2.75, 3.05) is 18.1 Å². The number of fused-ring (bicyclic) bond motifs is 1. The number of rotatable bonds is 6. The Labute approximate surface area is 122 Å². The lowest BCUT2D eigenvalue weighted by atomic mass is 10.1. The minimum absolute atomic E-state index is 0.193. The average molecular weight is 294 g/mol. The van der Waals surface area contributed by atoms with Crippen molar-refractivity contribution in [1.29, 1.82) is 0 Å². The molecule has 0 amide bonds. The molecule has 0 saturated carbocycles. The quantitative estimate of drug-likeness (QED) is 0.889. The first-order valence-electron chi connectivity index (χ1n) is 6.89. The molecule has 0 saturated heterocycles. The lowest BCUT2D eigenvalue weighted by Crippen LogP contribution is -2.15. The van der Waals surface area contributed by atoms with Crippen LogP contribution in [0.2, 0.25) is 0 Å². The fraction of sp³-hybridized carbons (Fsp3) is 0.571. The highest BCUT2D eigenvalue weighted by molar-refractivity contribution is 7.84. The zero-order valence-corrected chi connectivity index (χ0v) is 13.3. The summed E-state index contributed by atoms with van der Waals surface area (Å²) in [7, 11) is -0.775. The second-order valence-corrected chi connectivity index (χ2v) is 7.16. The van der Waals surface area contributed by atoms with Crippen molar-refractivity contribution in [3.05, 3.63) is 24.2 Å². The molecular weight excluding hydrogens is 272 g/mol. The van der Waals surface area contributed by atoms with Gasteiger partial charge in [-0.15, -0.1) is 0 Å². The van der Waals surface area contributed by atoms with Crippen LogP contribution in [0.3, 0.4) is 0 Å². The van der Waals surface area contributed by atoms with E-state index < -0.39 is 10.8 Å². The first-order chi connectivity index (χ1) is 9.49. The van der Waals surface area contributed by atoms with Gasteiger partial charge in [0.25, 0.3) is 0 Å². The Kier molecular flexibility index (Phi) is 4.75. The lowest BCUT2D eigenvalue weighted by Gasteiger charge is -2.10. The minimum Gasteiger partial charge on any atom is -0.368 e. The molecule has 1 N–H and O–H groups in total. The van der Waals surface area contributed by atoms with Crippen LogP contribution in [0, 0.1) is 0 Å². The van der Waals surface area contributed by atoms with Crippen LogP contribution in [-0.4, -0.2) is 36.9 Å². The van der Waals surface area contributed by atoms with Crippen molar-refractivity contribution in [3.63, 3.8) is 0 Å². The molecule has 0 aliphatic rings. The molecule has 0 aliphatic carbocycles. The highest BCUT2D eigenvalue weighted by Crippen LogP contribution is 2.19. The van der Waals surface area contributed by atoms with Crippen LogP contribution in [0.15, 0.2) is 18.5 Å². The third-order valence-corrected chi connectivity index (χ3v) is 4.78. The molecule has 0 fully saturated rings. The summed E-state index contributed by atoms with van der Waals surface area (Å²) in [4.78, 5) is 4.37. The van der Waals surface area contributed by atoms with E-state index >= 15 is 0 Å². The summed E-state index contributed by atoms with van der Waals surface area (Å²) >= 11 is 0. The van der Waals surface area contributed by atoms with Gasteiger partial charge in [-0.05, 0) is 18.4 Å². The molecule has 0 bridgehead atoms. The summed E-state index contributed by atoms with van der Waals surface area (Å²) in [5.74, 6) is 1.23. The largest absolute Gasteiger partial charge is 0.368 e. The third kappa shape index (κ3) is 3.36. The van der Waals surface area contributed by atoms with Gasteiger partial charge in [0.2, 0.25) is 0 Å². The number of anilines is 1. The first kappa shape index (κ1) is 15.0. The number of nitrogens with one attached hydrogen (secondary N) is 1. The summed E-state index contributed by atoms with van der Waals surface area (Å²) in [5.41, 5.74) is 2.05. The molecule has 0 spiro atoms. The van der Waals surface area contributed by atoms with E-state index in [2.05, 4.69) is 35.3 Å². The van der Waals surface area contributed by atoms with Gasteiger partial charge in [0.05, 0.1) is 5.69 Å². The van der Waals surface area contributed by atoms with E-state index in [9.17, 15) is 4.21 Å². The predicted octanol–water partition coefficient (Wildman–Crippen LogP) is 2.42. The third-order valence-electron chi connectivity index (χ3n) is 3.41. The van der Waals surface area contributed by atoms with Gasteiger partial charge in [-0.25, -0.2) is 9.50 Å². The number of hydrogen-bond donors (Lipinski definition) is 1. The van der Waals surface area contributed by atoms with Gasteiger partial charge >= 0.3 is 0 Å². The molecule has 5 nitrogen and oxygen atoms in total. The van der Waals surface area contributed by atoms with Crippen LogP contribution in [0.4, 0.5) is 5.82 Å². The fourth-order valence-corrected chi connectivity index (χ4v) is 2.37. The zero-order valence-electron chi connectivity index (χ0n) is 12.5. The molecule has 0 radical (unpaired) electrons. The molecule has 0 aromatic carbocycles. The molecule has 20 heavy (non-hydrogen) atoms. The number of hydrogen-bond acceptors (Lipinski definition) is 4. The van der Waals surface area contributed by atoms with E-state index in [4.69, 9.17) is 0 Å². The van der Waals surface area contributed by atoms with E-state index in [1.807, 2.05) is 17.6 Å². The standard InChI is InChI=1S/C14H22N4OS/c1-10(2)12-9-13-14(16-7-8-18(13)17-12)15-6-5-11(3)20(4)19/h7-11H,5-6H2,1-4H3,(H,15,16). The van der Waals surface area contributed by atoms with E-state index in [1.54, 1.807) is 12.5 Å².